The van der Waals surface area contributed by atoms with Gasteiger partial charge in [-0.05, 0) is 29.2 Å². The first-order valence-electron chi connectivity index (χ1n) is 7.21. The van der Waals surface area contributed by atoms with Gasteiger partial charge in [-0.25, -0.2) is 13.4 Å². The summed E-state index contributed by atoms with van der Waals surface area (Å²) in [6.45, 7) is 0. The molecule has 0 saturated heterocycles. The van der Waals surface area contributed by atoms with Gasteiger partial charge in [0, 0.05) is 29.3 Å². The summed E-state index contributed by atoms with van der Waals surface area (Å²) in [6.07, 6.45) is 1.72. The number of hydrogen-bond acceptors (Lipinski definition) is 6. The van der Waals surface area contributed by atoms with Crippen molar-refractivity contribution in [2.45, 2.75) is 25.3 Å². The molecule has 0 radical (unpaired) electrons. The molecule has 2 aliphatic rings. The Bertz CT molecular complexity index is 831. The van der Waals surface area contributed by atoms with Crippen molar-refractivity contribution >= 4 is 17.4 Å². The molecule has 0 spiro atoms. The molecule has 1 unspecified atom stereocenters. The number of benzene rings is 1. The molecular weight excluding hydrogens is 306 g/mol. The van der Waals surface area contributed by atoms with E-state index in [0.717, 1.165) is 12.1 Å². The van der Waals surface area contributed by atoms with E-state index in [1.54, 1.807) is 0 Å². The quantitative estimate of drug-likeness (QED) is 0.841. The van der Waals surface area contributed by atoms with Gasteiger partial charge in [-0.15, -0.1) is 0 Å². The highest BCUT2D eigenvalue weighted by Crippen LogP contribution is 2.39. The molecule has 0 saturated carbocycles. The number of aromatic nitrogens is 2. The van der Waals surface area contributed by atoms with Crippen molar-refractivity contribution in [2.24, 2.45) is 0 Å². The number of carbonyl (C=O) groups excluding carboxylic acids is 1. The van der Waals surface area contributed by atoms with E-state index in [4.69, 9.17) is 0 Å². The molecule has 1 aromatic carbocycles. The summed E-state index contributed by atoms with van der Waals surface area (Å²) in [5.74, 6) is -0.862. The highest BCUT2D eigenvalue weighted by molar-refractivity contribution is 6.00. The maximum atomic E-state index is 14.3. The lowest BCUT2D eigenvalue weighted by Gasteiger charge is -2.25. The van der Waals surface area contributed by atoms with Crippen molar-refractivity contribution in [1.29, 1.82) is 0 Å². The van der Waals surface area contributed by atoms with Crippen molar-refractivity contribution in [3.63, 3.8) is 0 Å². The summed E-state index contributed by atoms with van der Waals surface area (Å²) in [6, 6.07) is 2.51. The lowest BCUT2D eigenvalue weighted by molar-refractivity contribution is -0.116. The molecule has 1 aliphatic carbocycles. The maximum Gasteiger partial charge on any atom is 0.219 e. The molecule has 0 amide bonds. The van der Waals surface area contributed by atoms with Crippen LogP contribution in [0.4, 0.5) is 20.4 Å². The maximum absolute atomic E-state index is 14.3. The second-order valence-electron chi connectivity index (χ2n) is 5.50. The molecule has 2 aromatic rings. The zero-order chi connectivity index (χ0) is 16.0. The molecule has 8 heteroatoms. The van der Waals surface area contributed by atoms with Crippen molar-refractivity contribution in [3.8, 4) is 0 Å². The van der Waals surface area contributed by atoms with Gasteiger partial charge in [-0.2, -0.15) is 0 Å². The molecule has 1 aliphatic heterocycles. The zero-order valence-corrected chi connectivity index (χ0v) is 11.9. The molecule has 0 bridgehead atoms. The number of ketones is 1. The highest BCUT2D eigenvalue weighted by atomic mass is 19.1. The molecule has 23 heavy (non-hydrogen) atoms. The Hall–Kier alpha value is -2.77. The molecule has 0 fully saturated rings. The number of allylic oxidation sites excluding steroid dienone is 1. The molecule has 1 aromatic heterocycles. The van der Waals surface area contributed by atoms with Crippen molar-refractivity contribution in [2.75, 3.05) is 10.6 Å². The van der Waals surface area contributed by atoms with Gasteiger partial charge in [0.25, 0.3) is 0 Å². The fourth-order valence-corrected chi connectivity index (χ4v) is 3.01. The van der Waals surface area contributed by atoms with Crippen molar-refractivity contribution in [1.82, 2.24) is 10.3 Å². The highest BCUT2D eigenvalue weighted by Gasteiger charge is 2.35. The van der Waals surface area contributed by atoms with Crippen LogP contribution in [0, 0.1) is 11.6 Å². The van der Waals surface area contributed by atoms with Crippen molar-refractivity contribution < 1.29 is 18.2 Å². The van der Waals surface area contributed by atoms with Crippen LogP contribution in [0.15, 0.2) is 34.1 Å². The average molecular weight is 318 g/mol. The fraction of sp³-hybridized carbons (Fsp3) is 0.267. The predicted molar refractivity (Wildman–Crippen MR) is 76.5 cm³/mol. The third-order valence-corrected chi connectivity index (χ3v) is 4.06. The molecule has 6 nitrogen and oxygen atoms in total. The van der Waals surface area contributed by atoms with E-state index < -0.39 is 17.7 Å². The van der Waals surface area contributed by atoms with Gasteiger partial charge in [-0.3, -0.25) is 4.79 Å². The smallest absolute Gasteiger partial charge is 0.219 e. The Labute approximate surface area is 129 Å². The predicted octanol–water partition coefficient (Wildman–Crippen LogP) is 2.93. The lowest BCUT2D eigenvalue weighted by atomic mass is 9.86. The molecule has 1 atom stereocenters. The Morgan fingerprint density at radius 1 is 1.17 bits per heavy atom. The van der Waals surface area contributed by atoms with E-state index >= 15 is 0 Å². The van der Waals surface area contributed by atoms with Gasteiger partial charge in [0.05, 0.1) is 6.04 Å². The number of rotatable bonds is 1. The van der Waals surface area contributed by atoms with Gasteiger partial charge >= 0.3 is 0 Å². The first kappa shape index (κ1) is 13.9. The number of nitrogens with one attached hydrogen (secondary N) is 2. The average Bonchev–Trinajstić information content (AvgIpc) is 2.87. The number of Topliss-reactive ketones (excluding diaryl/α,β-unsaturated/α-hetero) is 1. The Morgan fingerprint density at radius 2 is 2.00 bits per heavy atom. The van der Waals surface area contributed by atoms with E-state index in [0.29, 0.717) is 36.4 Å². The van der Waals surface area contributed by atoms with Crippen molar-refractivity contribution in [3.05, 3.63) is 46.7 Å². The SMILES string of the molecule is O=C1CCCC2=C1C(c1ccc(F)cc1F)Nc1nonc1N2. The third-order valence-electron chi connectivity index (χ3n) is 4.06. The molecule has 4 rings (SSSR count). The zero-order valence-electron chi connectivity index (χ0n) is 11.9. The van der Waals surface area contributed by atoms with E-state index in [9.17, 15) is 13.6 Å². The van der Waals surface area contributed by atoms with E-state index in [2.05, 4.69) is 25.6 Å². The van der Waals surface area contributed by atoms with Crippen LogP contribution in [-0.4, -0.2) is 16.1 Å². The first-order chi connectivity index (χ1) is 11.1. The van der Waals surface area contributed by atoms with Crippen LogP contribution in [0.25, 0.3) is 0 Å². The Kier molecular flexibility index (Phi) is 3.10. The first-order valence-corrected chi connectivity index (χ1v) is 7.21. The van der Waals surface area contributed by atoms with E-state index in [1.807, 2.05) is 0 Å². The fourth-order valence-electron chi connectivity index (χ4n) is 3.01. The van der Waals surface area contributed by atoms with Gasteiger partial charge in [0.15, 0.2) is 5.78 Å². The number of nitrogens with zero attached hydrogens (tertiary/aromatic N) is 2. The van der Waals surface area contributed by atoms with Gasteiger partial charge in [-0.1, -0.05) is 6.07 Å². The van der Waals surface area contributed by atoms with Crippen LogP contribution in [0.2, 0.25) is 0 Å². The minimum atomic E-state index is -0.779. The molecule has 2 N–H and O–H groups in total. The number of fused-ring (bicyclic) bond motifs is 1. The standard InChI is InChI=1S/C15H12F2N4O2/c16-7-4-5-8(9(17)6-7)13-12-10(2-1-3-11(12)22)18-14-15(19-13)21-23-20-14/h4-6,13H,1-3H2,(H,18,20)(H,19,21). The summed E-state index contributed by atoms with van der Waals surface area (Å²) in [5, 5.41) is 13.5. The van der Waals surface area contributed by atoms with E-state index in [1.165, 1.54) is 6.07 Å². The molecule has 118 valence electrons. The Balaban J connectivity index is 1.89. The van der Waals surface area contributed by atoms with E-state index in [-0.39, 0.29) is 17.2 Å². The summed E-state index contributed by atoms with van der Waals surface area (Å²) in [4.78, 5) is 12.4. The monoisotopic (exact) mass is 318 g/mol. The summed E-state index contributed by atoms with van der Waals surface area (Å²) >= 11 is 0. The van der Waals surface area contributed by atoms with Crippen LogP contribution in [0.5, 0.6) is 0 Å². The minimum Gasteiger partial charge on any atom is -0.353 e. The van der Waals surface area contributed by atoms with Crippen LogP contribution < -0.4 is 10.6 Å². The van der Waals surface area contributed by atoms with Crippen LogP contribution in [0.1, 0.15) is 30.9 Å². The summed E-state index contributed by atoms with van der Waals surface area (Å²) in [7, 11) is 0. The Morgan fingerprint density at radius 3 is 2.83 bits per heavy atom. The third kappa shape index (κ3) is 2.26. The van der Waals surface area contributed by atoms with Gasteiger partial charge in [0.1, 0.15) is 11.6 Å². The minimum absolute atomic E-state index is 0.0814. The second kappa shape index (κ2) is 5.15. The lowest BCUT2D eigenvalue weighted by Crippen LogP contribution is -2.24. The van der Waals surface area contributed by atoms with Gasteiger partial charge < -0.3 is 10.6 Å². The topological polar surface area (TPSA) is 80.1 Å². The largest absolute Gasteiger partial charge is 0.353 e. The number of halogens is 2. The number of hydrogen-bond donors (Lipinski definition) is 2. The normalized spacial score (nSPS) is 20.3. The van der Waals surface area contributed by atoms with Gasteiger partial charge in [0.2, 0.25) is 11.6 Å². The number of carbonyl (C=O) groups is 1. The van der Waals surface area contributed by atoms with Crippen LogP contribution in [-0.2, 0) is 4.79 Å². The summed E-state index contributed by atoms with van der Waals surface area (Å²) in [5.41, 5.74) is 1.27. The van der Waals surface area contributed by atoms with Crippen LogP contribution in [0.3, 0.4) is 0 Å². The molecular formula is C15H12F2N4O2. The second-order valence-corrected chi connectivity index (χ2v) is 5.50. The molecule has 2 heterocycles. The van der Waals surface area contributed by atoms with Crippen LogP contribution >= 0.6 is 0 Å². The summed E-state index contributed by atoms with van der Waals surface area (Å²) < 4.78 is 32.1. The number of anilines is 2.